The highest BCUT2D eigenvalue weighted by atomic mass is 15.3. The van der Waals surface area contributed by atoms with Crippen LogP contribution in [0, 0.1) is 17.8 Å². The van der Waals surface area contributed by atoms with Crippen LogP contribution in [-0.2, 0) is 13.5 Å². The number of aromatic nitrogens is 2. The van der Waals surface area contributed by atoms with Crippen LogP contribution in [-0.4, -0.2) is 16.3 Å². The normalized spacial score (nSPS) is 27.8. The smallest absolute Gasteiger partial charge is 0.0669 e. The summed E-state index contributed by atoms with van der Waals surface area (Å²) in [6.45, 7) is 10.4. The summed E-state index contributed by atoms with van der Waals surface area (Å²) >= 11 is 0. The van der Waals surface area contributed by atoms with E-state index >= 15 is 0 Å². The topological polar surface area (TPSA) is 29.9 Å². The molecule has 1 aliphatic rings. The Balaban J connectivity index is 2.21. The molecule has 1 heterocycles. The second-order valence-corrected chi connectivity index (χ2v) is 7.02. The molecule has 0 amide bonds. The molecule has 1 N–H and O–H groups in total. The Labute approximate surface area is 130 Å². The summed E-state index contributed by atoms with van der Waals surface area (Å²) in [5, 5.41) is 8.49. The van der Waals surface area contributed by atoms with Crippen LogP contribution in [0.4, 0.5) is 0 Å². The van der Waals surface area contributed by atoms with Crippen LogP contribution < -0.4 is 5.32 Å². The van der Waals surface area contributed by atoms with Gasteiger partial charge in [0.1, 0.15) is 0 Å². The van der Waals surface area contributed by atoms with Crippen molar-refractivity contribution in [2.45, 2.75) is 65.8 Å². The zero-order valence-corrected chi connectivity index (χ0v) is 14.5. The van der Waals surface area contributed by atoms with Gasteiger partial charge in [-0.2, -0.15) is 5.10 Å². The fourth-order valence-electron chi connectivity index (χ4n) is 3.81. The first-order valence-corrected chi connectivity index (χ1v) is 8.82. The molecule has 0 radical (unpaired) electrons. The Hall–Kier alpha value is -0.830. The van der Waals surface area contributed by atoms with Crippen molar-refractivity contribution in [2.75, 3.05) is 6.54 Å². The van der Waals surface area contributed by atoms with E-state index in [1.54, 1.807) is 0 Å². The molecule has 0 saturated heterocycles. The minimum absolute atomic E-state index is 0.489. The van der Waals surface area contributed by atoms with Crippen LogP contribution in [0.15, 0.2) is 6.20 Å². The molecule has 1 aliphatic carbocycles. The maximum atomic E-state index is 4.66. The molecule has 1 fully saturated rings. The lowest BCUT2D eigenvalue weighted by Gasteiger charge is -2.37. The molecule has 4 unspecified atom stereocenters. The summed E-state index contributed by atoms with van der Waals surface area (Å²) in [5.74, 6) is 2.49. The first-order valence-electron chi connectivity index (χ1n) is 8.82. The Morgan fingerprint density at radius 3 is 2.67 bits per heavy atom. The molecule has 3 heteroatoms. The molecule has 0 spiro atoms. The van der Waals surface area contributed by atoms with Crippen LogP contribution >= 0.6 is 0 Å². The van der Waals surface area contributed by atoms with Crippen molar-refractivity contribution in [1.29, 1.82) is 0 Å². The van der Waals surface area contributed by atoms with Gasteiger partial charge in [-0.15, -0.1) is 0 Å². The van der Waals surface area contributed by atoms with Gasteiger partial charge in [-0.3, -0.25) is 4.68 Å². The summed E-state index contributed by atoms with van der Waals surface area (Å²) in [4.78, 5) is 0. The average Bonchev–Trinajstić information content (AvgIpc) is 2.84. The third-order valence-corrected chi connectivity index (χ3v) is 5.33. The van der Waals surface area contributed by atoms with E-state index in [2.05, 4.69) is 44.3 Å². The molecule has 120 valence electrons. The molecule has 0 bridgehead atoms. The highest BCUT2D eigenvalue weighted by molar-refractivity contribution is 5.22. The van der Waals surface area contributed by atoms with Crippen LogP contribution in [0.2, 0.25) is 0 Å². The number of nitrogens with zero attached hydrogens (tertiary/aromatic N) is 2. The second kappa shape index (κ2) is 7.44. The van der Waals surface area contributed by atoms with Crippen LogP contribution in [0.1, 0.15) is 70.7 Å². The van der Waals surface area contributed by atoms with Gasteiger partial charge in [0.15, 0.2) is 0 Å². The van der Waals surface area contributed by atoms with Crippen molar-refractivity contribution >= 4 is 0 Å². The second-order valence-electron chi connectivity index (χ2n) is 7.02. The predicted molar refractivity (Wildman–Crippen MR) is 89.3 cm³/mol. The zero-order chi connectivity index (χ0) is 15.4. The van der Waals surface area contributed by atoms with Gasteiger partial charge in [0.2, 0.25) is 0 Å². The maximum absolute atomic E-state index is 4.66. The standard InChI is InChI=1S/C18H33N3/c1-6-10-19-18(15-9-8-13(3)14(4)11-15)16-12-21(5)20-17(16)7-2/h12-15,18-19H,6-11H2,1-5H3. The number of nitrogens with one attached hydrogen (secondary N) is 1. The van der Waals surface area contributed by atoms with Gasteiger partial charge >= 0.3 is 0 Å². The Bertz CT molecular complexity index is 438. The van der Waals surface area contributed by atoms with Gasteiger partial charge in [-0.1, -0.05) is 34.1 Å². The number of aryl methyl sites for hydroxylation is 2. The molecule has 0 aliphatic heterocycles. The molecule has 1 saturated carbocycles. The summed E-state index contributed by atoms with van der Waals surface area (Å²) in [6.07, 6.45) is 8.54. The first-order chi connectivity index (χ1) is 10.1. The number of rotatable bonds is 6. The minimum atomic E-state index is 0.489. The fraction of sp³-hybridized carbons (Fsp3) is 0.833. The lowest BCUT2D eigenvalue weighted by Crippen LogP contribution is -2.34. The Morgan fingerprint density at radius 1 is 1.29 bits per heavy atom. The average molecular weight is 291 g/mol. The summed E-state index contributed by atoms with van der Waals surface area (Å²) < 4.78 is 1.99. The minimum Gasteiger partial charge on any atom is -0.310 e. The van der Waals surface area contributed by atoms with Crippen LogP contribution in [0.25, 0.3) is 0 Å². The highest BCUT2D eigenvalue weighted by Gasteiger charge is 2.32. The van der Waals surface area contributed by atoms with E-state index in [9.17, 15) is 0 Å². The molecule has 21 heavy (non-hydrogen) atoms. The Morgan fingerprint density at radius 2 is 2.05 bits per heavy atom. The largest absolute Gasteiger partial charge is 0.310 e. The third-order valence-electron chi connectivity index (χ3n) is 5.33. The number of hydrogen-bond donors (Lipinski definition) is 1. The molecule has 1 aromatic rings. The lowest BCUT2D eigenvalue weighted by molar-refractivity contribution is 0.170. The van der Waals surface area contributed by atoms with Crippen molar-refractivity contribution in [3.8, 4) is 0 Å². The molecule has 2 rings (SSSR count). The van der Waals surface area contributed by atoms with Crippen molar-refractivity contribution in [3.63, 3.8) is 0 Å². The fourth-order valence-corrected chi connectivity index (χ4v) is 3.81. The van der Waals surface area contributed by atoms with E-state index in [0.29, 0.717) is 6.04 Å². The maximum Gasteiger partial charge on any atom is 0.0669 e. The molecule has 1 aromatic heterocycles. The quantitative estimate of drug-likeness (QED) is 0.855. The number of hydrogen-bond acceptors (Lipinski definition) is 2. The van der Waals surface area contributed by atoms with E-state index in [-0.39, 0.29) is 0 Å². The van der Waals surface area contributed by atoms with Gasteiger partial charge in [0.25, 0.3) is 0 Å². The van der Waals surface area contributed by atoms with Crippen molar-refractivity contribution in [2.24, 2.45) is 24.8 Å². The van der Waals surface area contributed by atoms with Gasteiger partial charge in [0.05, 0.1) is 5.69 Å². The molecular weight excluding hydrogens is 258 g/mol. The summed E-state index contributed by atoms with van der Waals surface area (Å²) in [5.41, 5.74) is 2.72. The van der Waals surface area contributed by atoms with Gasteiger partial charge in [-0.25, -0.2) is 0 Å². The van der Waals surface area contributed by atoms with E-state index in [0.717, 1.165) is 30.7 Å². The Kier molecular flexibility index (Phi) is 5.86. The first kappa shape index (κ1) is 16.5. The van der Waals surface area contributed by atoms with E-state index < -0.39 is 0 Å². The zero-order valence-electron chi connectivity index (χ0n) is 14.5. The van der Waals surface area contributed by atoms with Crippen molar-refractivity contribution in [1.82, 2.24) is 15.1 Å². The predicted octanol–water partition coefficient (Wildman–Crippen LogP) is 4.10. The monoisotopic (exact) mass is 291 g/mol. The summed E-state index contributed by atoms with van der Waals surface area (Å²) in [6, 6.07) is 0.489. The van der Waals surface area contributed by atoms with Crippen LogP contribution in [0.3, 0.4) is 0 Å². The molecule has 3 nitrogen and oxygen atoms in total. The SMILES string of the molecule is CCCNC(c1cn(C)nc1CC)C1CCC(C)C(C)C1. The third kappa shape index (κ3) is 3.88. The van der Waals surface area contributed by atoms with Gasteiger partial charge in [0, 0.05) is 24.8 Å². The molecule has 4 atom stereocenters. The van der Waals surface area contributed by atoms with Gasteiger partial charge in [-0.05, 0) is 50.0 Å². The van der Waals surface area contributed by atoms with Crippen molar-refractivity contribution < 1.29 is 0 Å². The molecule has 0 aromatic carbocycles. The van der Waals surface area contributed by atoms with E-state index in [1.807, 2.05) is 11.7 Å². The van der Waals surface area contributed by atoms with Gasteiger partial charge < -0.3 is 5.32 Å². The lowest BCUT2D eigenvalue weighted by atomic mass is 9.72. The van der Waals surface area contributed by atoms with Crippen LogP contribution in [0.5, 0.6) is 0 Å². The highest BCUT2D eigenvalue weighted by Crippen LogP contribution is 2.40. The summed E-state index contributed by atoms with van der Waals surface area (Å²) in [7, 11) is 2.05. The van der Waals surface area contributed by atoms with E-state index in [1.165, 1.54) is 36.9 Å². The van der Waals surface area contributed by atoms with Crippen molar-refractivity contribution in [3.05, 3.63) is 17.5 Å². The molecular formula is C18H33N3. The van der Waals surface area contributed by atoms with E-state index in [4.69, 9.17) is 0 Å².